The minimum absolute atomic E-state index is 0.00713. The molecule has 2 N–H and O–H groups in total. The van der Waals surface area contributed by atoms with Crippen LogP contribution >= 0.6 is 0 Å². The summed E-state index contributed by atoms with van der Waals surface area (Å²) in [6.07, 6.45) is 3.37. The van der Waals surface area contributed by atoms with Crippen LogP contribution in [0.2, 0.25) is 0 Å². The maximum Gasteiger partial charge on any atom is 0.224 e. The van der Waals surface area contributed by atoms with Crippen molar-refractivity contribution in [3.05, 3.63) is 35.9 Å². The Bertz CT molecular complexity index is 526. The second-order valence-corrected chi connectivity index (χ2v) is 8.09. The summed E-state index contributed by atoms with van der Waals surface area (Å²) in [5, 5.41) is 6.75. The van der Waals surface area contributed by atoms with Gasteiger partial charge in [0.05, 0.1) is 6.04 Å². The maximum absolute atomic E-state index is 12.8. The molecule has 1 aliphatic carbocycles. The molecule has 0 radical (unpaired) electrons. The first kappa shape index (κ1) is 15.5. The molecule has 1 saturated carbocycles. The quantitative estimate of drug-likeness (QED) is 0.899. The van der Waals surface area contributed by atoms with Gasteiger partial charge in [0.1, 0.15) is 0 Å². The van der Waals surface area contributed by atoms with E-state index in [4.69, 9.17) is 0 Å². The zero-order valence-electron chi connectivity index (χ0n) is 14.0. The van der Waals surface area contributed by atoms with Gasteiger partial charge >= 0.3 is 0 Å². The summed E-state index contributed by atoms with van der Waals surface area (Å²) in [6.45, 7) is 8.70. The zero-order valence-corrected chi connectivity index (χ0v) is 14.0. The van der Waals surface area contributed by atoms with Crippen LogP contribution in [0.4, 0.5) is 0 Å². The van der Waals surface area contributed by atoms with Crippen LogP contribution in [0.5, 0.6) is 0 Å². The molecule has 2 unspecified atom stereocenters. The Morgan fingerprint density at radius 3 is 2.45 bits per heavy atom. The summed E-state index contributed by atoms with van der Waals surface area (Å²) < 4.78 is 0. The molecule has 1 spiro atoms. The average molecular weight is 300 g/mol. The monoisotopic (exact) mass is 300 g/mol. The van der Waals surface area contributed by atoms with Crippen molar-refractivity contribution in [1.29, 1.82) is 0 Å². The second-order valence-electron chi connectivity index (χ2n) is 8.09. The van der Waals surface area contributed by atoms with Crippen molar-refractivity contribution in [3.8, 4) is 0 Å². The van der Waals surface area contributed by atoms with E-state index in [0.29, 0.717) is 5.41 Å². The lowest BCUT2D eigenvalue weighted by Gasteiger charge is -2.32. The first-order valence-corrected chi connectivity index (χ1v) is 8.48. The highest BCUT2D eigenvalue weighted by atomic mass is 16.2. The van der Waals surface area contributed by atoms with E-state index >= 15 is 0 Å². The molecule has 1 saturated heterocycles. The predicted octanol–water partition coefficient (Wildman–Crippen LogP) is 3.28. The second kappa shape index (κ2) is 5.69. The van der Waals surface area contributed by atoms with Crippen molar-refractivity contribution in [2.45, 2.75) is 46.1 Å². The molecule has 22 heavy (non-hydrogen) atoms. The van der Waals surface area contributed by atoms with E-state index in [0.717, 1.165) is 32.4 Å². The van der Waals surface area contributed by atoms with Crippen LogP contribution < -0.4 is 10.6 Å². The van der Waals surface area contributed by atoms with Gasteiger partial charge in [0.15, 0.2) is 0 Å². The summed E-state index contributed by atoms with van der Waals surface area (Å²) in [5.74, 6) is 0.480. The summed E-state index contributed by atoms with van der Waals surface area (Å²) >= 11 is 0. The number of carbonyl (C=O) groups is 1. The van der Waals surface area contributed by atoms with Crippen LogP contribution in [-0.2, 0) is 4.79 Å². The largest absolute Gasteiger partial charge is 0.349 e. The lowest BCUT2D eigenvalue weighted by molar-refractivity contribution is -0.124. The third-order valence-electron chi connectivity index (χ3n) is 5.39. The normalized spacial score (nSPS) is 24.8. The van der Waals surface area contributed by atoms with Crippen molar-refractivity contribution >= 4 is 5.91 Å². The van der Waals surface area contributed by atoms with E-state index in [1.165, 1.54) is 5.56 Å². The lowest BCUT2D eigenvalue weighted by Crippen LogP contribution is -2.39. The average Bonchev–Trinajstić information content (AvgIpc) is 3.18. The molecule has 3 nitrogen and oxygen atoms in total. The van der Waals surface area contributed by atoms with Crippen LogP contribution in [0, 0.1) is 16.7 Å². The number of carbonyl (C=O) groups excluding carboxylic acids is 1. The number of rotatable bonds is 3. The highest BCUT2D eigenvalue weighted by Crippen LogP contribution is 2.58. The minimum atomic E-state index is 0.00713. The molecule has 3 rings (SSSR count). The van der Waals surface area contributed by atoms with E-state index in [1.54, 1.807) is 0 Å². The fourth-order valence-electron chi connectivity index (χ4n) is 3.88. The fourth-order valence-corrected chi connectivity index (χ4v) is 3.88. The van der Waals surface area contributed by atoms with Gasteiger partial charge in [-0.1, -0.05) is 51.1 Å². The molecular weight excluding hydrogens is 272 g/mol. The smallest absolute Gasteiger partial charge is 0.224 e. The van der Waals surface area contributed by atoms with Gasteiger partial charge < -0.3 is 10.6 Å². The van der Waals surface area contributed by atoms with Crippen LogP contribution in [0.1, 0.15) is 51.6 Å². The number of hydrogen-bond acceptors (Lipinski definition) is 2. The van der Waals surface area contributed by atoms with E-state index in [2.05, 4.69) is 43.5 Å². The van der Waals surface area contributed by atoms with Crippen LogP contribution in [0.25, 0.3) is 0 Å². The minimum Gasteiger partial charge on any atom is -0.349 e. The predicted molar refractivity (Wildman–Crippen MR) is 89.4 cm³/mol. The highest BCUT2D eigenvalue weighted by Gasteiger charge is 2.58. The number of amides is 1. The Kier molecular flexibility index (Phi) is 4.02. The molecule has 0 bridgehead atoms. The molecule has 2 fully saturated rings. The maximum atomic E-state index is 12.8. The van der Waals surface area contributed by atoms with Gasteiger partial charge in [-0.05, 0) is 48.7 Å². The first-order valence-electron chi connectivity index (χ1n) is 8.48. The van der Waals surface area contributed by atoms with Gasteiger partial charge in [0.2, 0.25) is 5.91 Å². The van der Waals surface area contributed by atoms with Crippen LogP contribution in [-0.4, -0.2) is 19.0 Å². The third-order valence-corrected chi connectivity index (χ3v) is 5.39. The van der Waals surface area contributed by atoms with E-state index < -0.39 is 0 Å². The highest BCUT2D eigenvalue weighted by molar-refractivity contribution is 5.83. The van der Waals surface area contributed by atoms with Crippen molar-refractivity contribution < 1.29 is 4.79 Å². The van der Waals surface area contributed by atoms with Crippen molar-refractivity contribution in [2.24, 2.45) is 16.7 Å². The van der Waals surface area contributed by atoms with Gasteiger partial charge in [-0.2, -0.15) is 0 Å². The molecule has 2 atom stereocenters. The standard InChI is InChI=1S/C19H28N2O/c1-18(2,3)16(14-7-5-4-6-8-14)21-17(22)15-13-19(15)9-11-20-12-10-19/h4-8,15-16,20H,9-13H2,1-3H3,(H,21,22). The van der Waals surface area contributed by atoms with Gasteiger partial charge in [-0.15, -0.1) is 0 Å². The van der Waals surface area contributed by atoms with Crippen molar-refractivity contribution in [2.75, 3.05) is 13.1 Å². The zero-order chi connectivity index (χ0) is 15.8. The Morgan fingerprint density at radius 2 is 1.86 bits per heavy atom. The summed E-state index contributed by atoms with van der Waals surface area (Å²) in [6, 6.07) is 10.4. The molecule has 1 aromatic rings. The molecule has 1 heterocycles. The van der Waals surface area contributed by atoms with E-state index in [1.807, 2.05) is 18.2 Å². The SMILES string of the molecule is CC(C)(C)C(NC(=O)C1CC12CCNCC2)c1ccccc1. The molecule has 0 aromatic heterocycles. The van der Waals surface area contributed by atoms with Gasteiger partial charge in [0, 0.05) is 5.92 Å². The molecule has 1 aliphatic heterocycles. The number of nitrogens with one attached hydrogen (secondary N) is 2. The topological polar surface area (TPSA) is 41.1 Å². The Labute approximate surface area is 133 Å². The van der Waals surface area contributed by atoms with Gasteiger partial charge in [0.25, 0.3) is 0 Å². The van der Waals surface area contributed by atoms with Crippen LogP contribution in [0.3, 0.4) is 0 Å². The molecule has 120 valence electrons. The first-order chi connectivity index (χ1) is 10.4. The molecule has 1 aromatic carbocycles. The molecular formula is C19H28N2O. The number of benzene rings is 1. The Hall–Kier alpha value is -1.35. The summed E-state index contributed by atoms with van der Waals surface area (Å²) in [7, 11) is 0. The molecule has 2 aliphatic rings. The van der Waals surface area contributed by atoms with Crippen molar-refractivity contribution in [3.63, 3.8) is 0 Å². The van der Waals surface area contributed by atoms with Gasteiger partial charge in [-0.3, -0.25) is 4.79 Å². The van der Waals surface area contributed by atoms with Crippen molar-refractivity contribution in [1.82, 2.24) is 10.6 Å². The Balaban J connectivity index is 1.71. The third kappa shape index (κ3) is 3.05. The number of piperidine rings is 1. The fraction of sp³-hybridized carbons (Fsp3) is 0.632. The van der Waals surface area contributed by atoms with Crippen LogP contribution in [0.15, 0.2) is 30.3 Å². The number of hydrogen-bond donors (Lipinski definition) is 2. The van der Waals surface area contributed by atoms with E-state index in [9.17, 15) is 4.79 Å². The lowest BCUT2D eigenvalue weighted by atomic mass is 9.82. The summed E-state index contributed by atoms with van der Waals surface area (Å²) in [5.41, 5.74) is 1.50. The van der Waals surface area contributed by atoms with Gasteiger partial charge in [-0.25, -0.2) is 0 Å². The Morgan fingerprint density at radius 1 is 1.23 bits per heavy atom. The molecule has 1 amide bonds. The van der Waals surface area contributed by atoms with E-state index in [-0.39, 0.29) is 23.3 Å². The summed E-state index contributed by atoms with van der Waals surface area (Å²) in [4.78, 5) is 12.8. The molecule has 3 heteroatoms.